The van der Waals surface area contributed by atoms with Gasteiger partial charge in [0, 0.05) is 0 Å². The maximum absolute atomic E-state index is 12.7. The summed E-state index contributed by atoms with van der Waals surface area (Å²) in [6, 6.07) is 13.0. The van der Waals surface area contributed by atoms with E-state index in [0.29, 0.717) is 31.1 Å². The van der Waals surface area contributed by atoms with Gasteiger partial charge < -0.3 is 19.6 Å². The summed E-state index contributed by atoms with van der Waals surface area (Å²) in [6.07, 6.45) is 1.40. The number of nitrogens with one attached hydrogen (secondary N) is 1. The molecule has 1 N–H and O–H groups in total. The van der Waals surface area contributed by atoms with Crippen molar-refractivity contribution in [1.29, 1.82) is 0 Å². The monoisotopic (exact) mass is 360 g/mol. The highest BCUT2D eigenvalue weighted by Crippen LogP contribution is 2.17. The Labute approximate surface area is 151 Å². The number of carbonyl (C=O) groups excluding carboxylic acids is 1. The van der Waals surface area contributed by atoms with E-state index in [0.717, 1.165) is 5.75 Å². The van der Waals surface area contributed by atoms with Gasteiger partial charge in [0.05, 0.1) is 19.4 Å². The van der Waals surface area contributed by atoms with Crippen molar-refractivity contribution in [2.24, 2.45) is 5.16 Å². The molecule has 26 heavy (non-hydrogen) atoms. The molecule has 0 unspecified atom stereocenters. The van der Waals surface area contributed by atoms with E-state index in [1.54, 1.807) is 24.3 Å². The fourth-order valence-electron chi connectivity index (χ4n) is 1.95. The van der Waals surface area contributed by atoms with Crippen molar-refractivity contribution in [3.05, 3.63) is 59.9 Å². The molecule has 0 aliphatic heterocycles. The molecule has 2 aromatic rings. The fraction of sp³-hybridized carbons (Fsp3) is 0.263. The molecule has 0 saturated carbocycles. The standard InChI is InChI=1S/C19H21FN2O4/c1-2-24-17-7-9-18(10-8-17)25-12-11-21-19(23)14-26-22-13-15-3-5-16(20)6-4-15/h3-10,13H,2,11-12,14H2,1H3,(H,21,23)/b22-13+. The van der Waals surface area contributed by atoms with Crippen LogP contribution in [0.2, 0.25) is 0 Å². The maximum Gasteiger partial charge on any atom is 0.260 e. The van der Waals surface area contributed by atoms with E-state index in [4.69, 9.17) is 14.3 Å². The number of nitrogens with zero attached hydrogens (tertiary/aromatic N) is 1. The topological polar surface area (TPSA) is 69.2 Å². The van der Waals surface area contributed by atoms with Crippen LogP contribution in [0.25, 0.3) is 0 Å². The zero-order valence-corrected chi connectivity index (χ0v) is 14.5. The van der Waals surface area contributed by atoms with Crippen LogP contribution >= 0.6 is 0 Å². The second kappa shape index (κ2) is 10.7. The summed E-state index contributed by atoms with van der Waals surface area (Å²) in [4.78, 5) is 16.5. The predicted molar refractivity (Wildman–Crippen MR) is 96.1 cm³/mol. The number of halogens is 1. The normalized spacial score (nSPS) is 10.5. The lowest BCUT2D eigenvalue weighted by Gasteiger charge is -2.08. The van der Waals surface area contributed by atoms with Crippen LogP contribution in [0, 0.1) is 5.82 Å². The summed E-state index contributed by atoms with van der Waals surface area (Å²) in [6.45, 7) is 3.00. The van der Waals surface area contributed by atoms with Crippen LogP contribution in [-0.2, 0) is 9.63 Å². The molecule has 0 aliphatic rings. The third-order valence-electron chi connectivity index (χ3n) is 3.17. The first-order valence-electron chi connectivity index (χ1n) is 8.20. The first-order valence-corrected chi connectivity index (χ1v) is 8.20. The summed E-state index contributed by atoms with van der Waals surface area (Å²) in [5.41, 5.74) is 0.676. The number of benzene rings is 2. The van der Waals surface area contributed by atoms with E-state index in [9.17, 15) is 9.18 Å². The van der Waals surface area contributed by atoms with Crippen LogP contribution in [0.1, 0.15) is 12.5 Å². The molecule has 1 amide bonds. The lowest BCUT2D eigenvalue weighted by molar-refractivity contribution is -0.125. The largest absolute Gasteiger partial charge is 0.494 e. The third-order valence-corrected chi connectivity index (χ3v) is 3.17. The van der Waals surface area contributed by atoms with Crippen LogP contribution in [0.15, 0.2) is 53.7 Å². The Kier molecular flexibility index (Phi) is 7.92. The molecule has 0 spiro atoms. The minimum atomic E-state index is -0.324. The summed E-state index contributed by atoms with van der Waals surface area (Å²) < 4.78 is 23.6. The van der Waals surface area contributed by atoms with Crippen molar-refractivity contribution < 1.29 is 23.5 Å². The molecule has 0 fully saturated rings. The van der Waals surface area contributed by atoms with Crippen molar-refractivity contribution in [2.75, 3.05) is 26.4 Å². The minimum Gasteiger partial charge on any atom is -0.494 e. The SMILES string of the molecule is CCOc1ccc(OCCNC(=O)CO/N=C/c2ccc(F)cc2)cc1. The van der Waals surface area contributed by atoms with Crippen LogP contribution in [0.4, 0.5) is 4.39 Å². The van der Waals surface area contributed by atoms with Crippen LogP contribution in [0.5, 0.6) is 11.5 Å². The first kappa shape index (κ1) is 19.2. The molecule has 2 aromatic carbocycles. The molecule has 0 radical (unpaired) electrons. The van der Waals surface area contributed by atoms with Crippen molar-refractivity contribution in [3.63, 3.8) is 0 Å². The molecule has 0 aliphatic carbocycles. The molecule has 0 bridgehead atoms. The van der Waals surface area contributed by atoms with E-state index >= 15 is 0 Å². The zero-order chi connectivity index (χ0) is 18.6. The summed E-state index contributed by atoms with van der Waals surface area (Å²) in [5, 5.41) is 6.31. The molecule has 7 heteroatoms. The Morgan fingerprint density at radius 3 is 2.38 bits per heavy atom. The molecular formula is C19H21FN2O4. The Bertz CT molecular complexity index is 702. The van der Waals surface area contributed by atoms with Gasteiger partial charge in [-0.25, -0.2) is 4.39 Å². The number of amides is 1. The highest BCUT2D eigenvalue weighted by molar-refractivity contribution is 5.79. The lowest BCUT2D eigenvalue weighted by atomic mass is 10.2. The van der Waals surface area contributed by atoms with E-state index in [-0.39, 0.29) is 18.3 Å². The van der Waals surface area contributed by atoms with Crippen molar-refractivity contribution in [1.82, 2.24) is 5.32 Å². The quantitative estimate of drug-likeness (QED) is 0.402. The number of hydrogen-bond acceptors (Lipinski definition) is 5. The van der Waals surface area contributed by atoms with Gasteiger partial charge in [-0.1, -0.05) is 17.3 Å². The van der Waals surface area contributed by atoms with E-state index in [1.807, 2.05) is 19.1 Å². The van der Waals surface area contributed by atoms with Crippen molar-refractivity contribution in [3.8, 4) is 11.5 Å². The Hall–Kier alpha value is -3.09. The van der Waals surface area contributed by atoms with Gasteiger partial charge in [0.2, 0.25) is 0 Å². The third kappa shape index (κ3) is 7.21. The van der Waals surface area contributed by atoms with E-state index in [1.165, 1.54) is 18.3 Å². The van der Waals surface area contributed by atoms with Gasteiger partial charge in [-0.3, -0.25) is 4.79 Å². The van der Waals surface area contributed by atoms with Crippen molar-refractivity contribution in [2.45, 2.75) is 6.92 Å². The number of oxime groups is 1. The molecular weight excluding hydrogens is 339 g/mol. The molecule has 0 atom stereocenters. The maximum atomic E-state index is 12.7. The van der Waals surface area contributed by atoms with Gasteiger partial charge >= 0.3 is 0 Å². The average molecular weight is 360 g/mol. The lowest BCUT2D eigenvalue weighted by Crippen LogP contribution is -2.30. The molecule has 2 rings (SSSR count). The minimum absolute atomic E-state index is 0.208. The Morgan fingerprint density at radius 2 is 1.73 bits per heavy atom. The summed E-state index contributed by atoms with van der Waals surface area (Å²) in [7, 11) is 0. The number of carbonyl (C=O) groups is 1. The van der Waals surface area contributed by atoms with E-state index in [2.05, 4.69) is 10.5 Å². The molecule has 0 heterocycles. The second-order valence-electron chi connectivity index (χ2n) is 5.16. The van der Waals surface area contributed by atoms with Gasteiger partial charge in [-0.15, -0.1) is 0 Å². The predicted octanol–water partition coefficient (Wildman–Crippen LogP) is 2.77. The smallest absolute Gasteiger partial charge is 0.260 e. The second-order valence-corrected chi connectivity index (χ2v) is 5.16. The van der Waals surface area contributed by atoms with Gasteiger partial charge in [-0.2, -0.15) is 0 Å². The van der Waals surface area contributed by atoms with Crippen molar-refractivity contribution >= 4 is 12.1 Å². The highest BCUT2D eigenvalue weighted by Gasteiger charge is 2.01. The Balaban J connectivity index is 1.57. The first-order chi connectivity index (χ1) is 12.7. The molecule has 6 nitrogen and oxygen atoms in total. The van der Waals surface area contributed by atoms with Gasteiger partial charge in [0.25, 0.3) is 5.91 Å². The van der Waals surface area contributed by atoms with Crippen LogP contribution in [0.3, 0.4) is 0 Å². The number of ether oxygens (including phenoxy) is 2. The number of hydrogen-bond donors (Lipinski definition) is 1. The summed E-state index contributed by atoms with van der Waals surface area (Å²) in [5.74, 6) is 0.848. The molecule has 0 saturated heterocycles. The zero-order valence-electron chi connectivity index (χ0n) is 14.5. The number of rotatable bonds is 10. The van der Waals surface area contributed by atoms with Gasteiger partial charge in [0.15, 0.2) is 6.61 Å². The summed E-state index contributed by atoms with van der Waals surface area (Å²) >= 11 is 0. The average Bonchev–Trinajstić information content (AvgIpc) is 2.65. The molecule has 0 aromatic heterocycles. The van der Waals surface area contributed by atoms with E-state index < -0.39 is 0 Å². The Morgan fingerprint density at radius 1 is 1.08 bits per heavy atom. The fourth-order valence-corrected chi connectivity index (χ4v) is 1.95. The van der Waals surface area contributed by atoms with Gasteiger partial charge in [-0.05, 0) is 48.9 Å². The van der Waals surface area contributed by atoms with Gasteiger partial charge in [0.1, 0.15) is 23.9 Å². The van der Waals surface area contributed by atoms with Crippen LogP contribution in [-0.4, -0.2) is 38.5 Å². The highest BCUT2D eigenvalue weighted by atomic mass is 19.1. The van der Waals surface area contributed by atoms with Crippen LogP contribution < -0.4 is 14.8 Å². The molecule has 138 valence electrons.